The zero-order valence-electron chi connectivity index (χ0n) is 13.5. The molecule has 11 heteroatoms. The van der Waals surface area contributed by atoms with Crippen molar-refractivity contribution in [3.8, 4) is 0 Å². The van der Waals surface area contributed by atoms with Crippen LogP contribution in [0.15, 0.2) is 6.20 Å². The summed E-state index contributed by atoms with van der Waals surface area (Å²) >= 11 is 0. The molecule has 1 rings (SSSR count). The summed E-state index contributed by atoms with van der Waals surface area (Å²) in [6.45, 7) is 3.53. The molecule has 0 N–H and O–H groups in total. The molecule has 134 valence electrons. The predicted molar refractivity (Wildman–Crippen MR) is 75.5 cm³/mol. The molecule has 1 aromatic rings. The topological polar surface area (TPSA) is 114 Å². The molecule has 1 atom stereocenters. The maximum absolute atomic E-state index is 12.7. The Morgan fingerprint density at radius 2 is 1.96 bits per heavy atom. The van der Waals surface area contributed by atoms with E-state index >= 15 is 0 Å². The first-order valence-electron chi connectivity index (χ1n) is 6.77. The van der Waals surface area contributed by atoms with Crippen LogP contribution in [0.4, 0.5) is 14.5 Å². The summed E-state index contributed by atoms with van der Waals surface area (Å²) in [7, 11) is 0.958. The Bertz CT molecular complexity index is 638. The van der Waals surface area contributed by atoms with Gasteiger partial charge in [-0.05, 0) is 20.8 Å². The summed E-state index contributed by atoms with van der Waals surface area (Å²) in [5.41, 5.74) is -2.37. The highest BCUT2D eigenvalue weighted by atomic mass is 19.3. The van der Waals surface area contributed by atoms with Crippen molar-refractivity contribution < 1.29 is 32.8 Å². The van der Waals surface area contributed by atoms with Crippen LogP contribution in [0, 0.1) is 10.1 Å². The average Bonchev–Trinajstić information content (AvgIpc) is 2.79. The molecule has 0 aromatic carbocycles. The molecule has 0 radical (unpaired) electrons. The molecule has 0 bridgehead atoms. The van der Waals surface area contributed by atoms with Gasteiger partial charge in [-0.3, -0.25) is 24.4 Å². The molecule has 0 saturated heterocycles. The van der Waals surface area contributed by atoms with Crippen molar-refractivity contribution in [2.24, 2.45) is 0 Å². The van der Waals surface area contributed by atoms with E-state index in [-0.39, 0.29) is 0 Å². The van der Waals surface area contributed by atoms with Crippen LogP contribution in [-0.4, -0.2) is 45.8 Å². The summed E-state index contributed by atoms with van der Waals surface area (Å²) in [5.74, 6) is -4.24. The van der Waals surface area contributed by atoms with Gasteiger partial charge in [0.15, 0.2) is 0 Å². The number of hydrogen-bond donors (Lipinski definition) is 0. The molecule has 0 saturated carbocycles. The number of halogens is 2. The largest absolute Gasteiger partial charge is 0.468 e. The van der Waals surface area contributed by atoms with Gasteiger partial charge in [0.25, 0.3) is 6.43 Å². The van der Waals surface area contributed by atoms with E-state index in [2.05, 4.69) is 9.84 Å². The molecule has 0 amide bonds. The van der Waals surface area contributed by atoms with E-state index in [4.69, 9.17) is 4.74 Å². The second-order valence-electron chi connectivity index (χ2n) is 5.73. The number of esters is 2. The molecule has 1 aromatic heterocycles. The number of nitro groups is 1. The number of ether oxygens (including phenoxy) is 2. The number of hydrogen-bond acceptors (Lipinski definition) is 7. The first-order chi connectivity index (χ1) is 11.0. The van der Waals surface area contributed by atoms with Crippen LogP contribution < -0.4 is 0 Å². The normalized spacial score (nSPS) is 12.8. The fraction of sp³-hybridized carbons (Fsp3) is 0.615. The van der Waals surface area contributed by atoms with Crippen molar-refractivity contribution in [2.75, 3.05) is 7.11 Å². The molecule has 1 unspecified atom stereocenters. The third kappa shape index (κ3) is 4.70. The number of alkyl halides is 2. The molecule has 1 heterocycles. The lowest BCUT2D eigenvalue weighted by molar-refractivity contribution is -0.385. The van der Waals surface area contributed by atoms with Gasteiger partial charge in [0, 0.05) is 0 Å². The van der Waals surface area contributed by atoms with Gasteiger partial charge in [-0.15, -0.1) is 0 Å². The molecule has 0 spiro atoms. The van der Waals surface area contributed by atoms with Crippen molar-refractivity contribution in [1.82, 2.24) is 9.78 Å². The van der Waals surface area contributed by atoms with Gasteiger partial charge in [0.05, 0.1) is 12.0 Å². The van der Waals surface area contributed by atoms with Crippen LogP contribution in [-0.2, 0) is 25.6 Å². The lowest BCUT2D eigenvalue weighted by Gasteiger charge is -2.23. The average molecular weight is 349 g/mol. The highest BCUT2D eigenvalue weighted by Gasteiger charge is 2.42. The van der Waals surface area contributed by atoms with Gasteiger partial charge >= 0.3 is 17.6 Å². The van der Waals surface area contributed by atoms with E-state index in [1.165, 1.54) is 20.8 Å². The number of aromatic nitrogens is 2. The van der Waals surface area contributed by atoms with Gasteiger partial charge < -0.3 is 9.47 Å². The number of nitrogens with zero attached hydrogens (tertiary/aromatic N) is 3. The summed E-state index contributed by atoms with van der Waals surface area (Å²) in [6.07, 6.45) is -2.21. The van der Waals surface area contributed by atoms with Gasteiger partial charge in [0.1, 0.15) is 24.0 Å². The van der Waals surface area contributed by atoms with Crippen LogP contribution >= 0.6 is 0 Å². The molecule has 24 heavy (non-hydrogen) atoms. The smallest absolute Gasteiger partial charge is 0.327 e. The van der Waals surface area contributed by atoms with Gasteiger partial charge in [-0.25, -0.2) is 8.78 Å². The maximum Gasteiger partial charge on any atom is 0.327 e. The van der Waals surface area contributed by atoms with Crippen LogP contribution in [0.1, 0.15) is 32.4 Å². The molecular formula is C13H17F2N3O6. The second kappa shape index (κ2) is 7.32. The number of carbonyl (C=O) groups excluding carboxylic acids is 2. The van der Waals surface area contributed by atoms with Crippen LogP contribution in [0.5, 0.6) is 0 Å². The third-order valence-electron chi connectivity index (χ3n) is 2.72. The highest BCUT2D eigenvalue weighted by molar-refractivity contribution is 6.01. The van der Waals surface area contributed by atoms with E-state index in [0.29, 0.717) is 10.9 Å². The Balaban J connectivity index is 3.46. The lowest BCUT2D eigenvalue weighted by Crippen LogP contribution is -2.34. The van der Waals surface area contributed by atoms with Crippen LogP contribution in [0.2, 0.25) is 0 Å². The number of rotatable bonds is 6. The van der Waals surface area contributed by atoms with E-state index in [0.717, 1.165) is 7.11 Å². The summed E-state index contributed by atoms with van der Waals surface area (Å²) < 4.78 is 35.4. The summed E-state index contributed by atoms with van der Waals surface area (Å²) in [6, 6.07) is 0. The quantitative estimate of drug-likeness (QED) is 0.332. The maximum atomic E-state index is 12.7. The first-order valence-corrected chi connectivity index (χ1v) is 6.77. The Kier molecular flexibility index (Phi) is 5.93. The number of methoxy groups -OCH3 is 1. The second-order valence-corrected chi connectivity index (χ2v) is 5.73. The van der Waals surface area contributed by atoms with Gasteiger partial charge in [-0.1, -0.05) is 0 Å². The Hall–Kier alpha value is -2.59. The standard InChI is InChI=1S/C13H17F2N3O6/c1-13(2,3)24-12(20)9(11(19)23-4)10-7(18(21)22)5-16-17(10)6-8(14)15/h5,8-9H,6H2,1-4H3. The van der Waals surface area contributed by atoms with E-state index in [1.807, 2.05) is 0 Å². The van der Waals surface area contributed by atoms with Gasteiger partial charge in [-0.2, -0.15) is 5.10 Å². The van der Waals surface area contributed by atoms with E-state index in [1.54, 1.807) is 0 Å². The number of carbonyl (C=O) groups is 2. The SMILES string of the molecule is COC(=O)C(C(=O)OC(C)(C)C)c1c([N+](=O)[O-])cnn1CC(F)F. The molecule has 9 nitrogen and oxygen atoms in total. The minimum atomic E-state index is -2.90. The minimum Gasteiger partial charge on any atom is -0.468 e. The molecular weight excluding hydrogens is 332 g/mol. The van der Waals surface area contributed by atoms with Crippen LogP contribution in [0.3, 0.4) is 0 Å². The predicted octanol–water partition coefficient (Wildman–Crippen LogP) is 1.65. The van der Waals surface area contributed by atoms with Crippen molar-refractivity contribution in [1.29, 1.82) is 0 Å². The van der Waals surface area contributed by atoms with E-state index < -0.39 is 52.7 Å². The first kappa shape index (κ1) is 19.5. The van der Waals surface area contributed by atoms with Gasteiger partial charge in [0.2, 0.25) is 5.92 Å². The molecule has 0 aliphatic rings. The van der Waals surface area contributed by atoms with E-state index in [9.17, 15) is 28.5 Å². The Morgan fingerprint density at radius 1 is 1.38 bits per heavy atom. The molecule has 0 aliphatic carbocycles. The lowest BCUT2D eigenvalue weighted by atomic mass is 10.0. The van der Waals surface area contributed by atoms with Crippen molar-refractivity contribution >= 4 is 17.6 Å². The molecule has 0 fully saturated rings. The zero-order valence-corrected chi connectivity index (χ0v) is 13.5. The Morgan fingerprint density at radius 3 is 2.38 bits per heavy atom. The third-order valence-corrected chi connectivity index (χ3v) is 2.72. The summed E-state index contributed by atoms with van der Waals surface area (Å²) in [5, 5.41) is 14.6. The summed E-state index contributed by atoms with van der Waals surface area (Å²) in [4.78, 5) is 34.5. The highest BCUT2D eigenvalue weighted by Crippen LogP contribution is 2.30. The fourth-order valence-corrected chi connectivity index (χ4v) is 1.90. The van der Waals surface area contributed by atoms with Crippen LogP contribution in [0.25, 0.3) is 0 Å². The monoisotopic (exact) mass is 349 g/mol. The van der Waals surface area contributed by atoms with Crippen molar-refractivity contribution in [2.45, 2.75) is 45.3 Å². The van der Waals surface area contributed by atoms with Crippen molar-refractivity contribution in [3.05, 3.63) is 22.0 Å². The Labute approximate surface area is 135 Å². The zero-order chi connectivity index (χ0) is 18.7. The molecule has 0 aliphatic heterocycles. The fourth-order valence-electron chi connectivity index (χ4n) is 1.90. The van der Waals surface area contributed by atoms with Crippen molar-refractivity contribution in [3.63, 3.8) is 0 Å². The minimum absolute atomic E-state index is 0.536.